The third-order valence-corrected chi connectivity index (χ3v) is 5.88. The smallest absolute Gasteiger partial charge is 0.180 e. The molecule has 0 aliphatic heterocycles. The molecule has 1 atom stereocenters. The van der Waals surface area contributed by atoms with Gasteiger partial charge in [0, 0.05) is 28.2 Å². The second kappa shape index (κ2) is 13.2. The Balaban J connectivity index is 0.00000363. The Hall–Kier alpha value is -1.62. The van der Waals surface area contributed by atoms with Gasteiger partial charge in [-0.25, -0.2) is 0 Å². The van der Waals surface area contributed by atoms with Crippen molar-refractivity contribution in [2.24, 2.45) is 0 Å². The van der Waals surface area contributed by atoms with Crippen molar-refractivity contribution in [2.75, 3.05) is 7.11 Å². The molecule has 0 fully saturated rings. The van der Waals surface area contributed by atoms with Crippen LogP contribution in [0.15, 0.2) is 60.7 Å². The van der Waals surface area contributed by atoms with Crippen LogP contribution in [0.25, 0.3) is 0 Å². The molecule has 0 heterocycles. The van der Waals surface area contributed by atoms with Crippen LogP contribution in [0.2, 0.25) is 15.1 Å². The summed E-state index contributed by atoms with van der Waals surface area (Å²) < 4.78 is 11.5. The molecule has 0 saturated heterocycles. The van der Waals surface area contributed by atoms with Crippen LogP contribution in [0.5, 0.6) is 11.5 Å². The topological polar surface area (TPSA) is 30.5 Å². The molecule has 0 aromatic heterocycles. The molecule has 0 amide bonds. The van der Waals surface area contributed by atoms with Crippen molar-refractivity contribution in [3.05, 3.63) is 92.4 Å². The number of hydrogen-bond acceptors (Lipinski definition) is 3. The van der Waals surface area contributed by atoms with E-state index < -0.39 is 0 Å². The van der Waals surface area contributed by atoms with Crippen LogP contribution in [0.3, 0.4) is 0 Å². The van der Waals surface area contributed by atoms with Gasteiger partial charge in [-0.15, -0.1) is 12.4 Å². The molecule has 7 heteroatoms. The van der Waals surface area contributed by atoms with Gasteiger partial charge in [0.15, 0.2) is 11.5 Å². The van der Waals surface area contributed by atoms with E-state index in [0.29, 0.717) is 33.1 Å². The molecule has 3 aromatic carbocycles. The highest BCUT2D eigenvalue weighted by atomic mass is 35.5. The van der Waals surface area contributed by atoms with Crippen molar-refractivity contribution in [1.29, 1.82) is 0 Å². The predicted molar refractivity (Wildman–Crippen MR) is 137 cm³/mol. The third-order valence-electron chi connectivity index (χ3n) is 5.01. The summed E-state index contributed by atoms with van der Waals surface area (Å²) in [6, 6.07) is 19.9. The number of methoxy groups -OCH3 is 1. The van der Waals surface area contributed by atoms with Crippen LogP contribution < -0.4 is 14.8 Å². The zero-order valence-corrected chi connectivity index (χ0v) is 21.1. The van der Waals surface area contributed by atoms with Gasteiger partial charge in [0.05, 0.1) is 12.1 Å². The quantitative estimate of drug-likeness (QED) is 0.295. The highest BCUT2D eigenvalue weighted by Crippen LogP contribution is 2.37. The summed E-state index contributed by atoms with van der Waals surface area (Å²) in [6.07, 6.45) is 2.15. The van der Waals surface area contributed by atoms with Crippen molar-refractivity contribution >= 4 is 47.2 Å². The summed E-state index contributed by atoms with van der Waals surface area (Å²) in [5.41, 5.74) is 3.12. The Morgan fingerprint density at radius 3 is 2.34 bits per heavy atom. The molecule has 3 nitrogen and oxygen atoms in total. The standard InChI is InChI=1S/C25H26Cl3NO2.ClH/c1-3-7-23(18-8-5-4-6-9-18)29-15-17-12-22(28)25(24(13-17)30-2)31-16-19-10-11-20(26)14-21(19)27;/h4-6,8-14,23,29H,3,7,15-16H2,1-2H3;1H. The maximum absolute atomic E-state index is 6.55. The van der Waals surface area contributed by atoms with E-state index in [1.165, 1.54) is 5.56 Å². The van der Waals surface area contributed by atoms with Crippen molar-refractivity contribution in [3.63, 3.8) is 0 Å². The molecule has 0 bridgehead atoms. The van der Waals surface area contributed by atoms with Crippen LogP contribution >= 0.6 is 47.2 Å². The molecular formula is C25H27Cl4NO2. The molecule has 0 aliphatic carbocycles. The van der Waals surface area contributed by atoms with E-state index in [4.69, 9.17) is 44.3 Å². The number of benzene rings is 3. The molecule has 32 heavy (non-hydrogen) atoms. The van der Waals surface area contributed by atoms with Crippen LogP contribution in [0, 0.1) is 0 Å². The lowest BCUT2D eigenvalue weighted by Gasteiger charge is -2.20. The summed E-state index contributed by atoms with van der Waals surface area (Å²) in [5.74, 6) is 1.08. The lowest BCUT2D eigenvalue weighted by Crippen LogP contribution is -2.20. The SMILES string of the molecule is CCCC(NCc1cc(Cl)c(OCc2ccc(Cl)cc2Cl)c(OC)c1)c1ccccc1.Cl. The summed E-state index contributed by atoms with van der Waals surface area (Å²) in [7, 11) is 1.61. The lowest BCUT2D eigenvalue weighted by atomic mass is 10.0. The van der Waals surface area contributed by atoms with Gasteiger partial charge in [-0.05, 0) is 41.8 Å². The molecule has 0 radical (unpaired) electrons. The van der Waals surface area contributed by atoms with Crippen molar-refractivity contribution in [2.45, 2.75) is 39.0 Å². The van der Waals surface area contributed by atoms with E-state index in [-0.39, 0.29) is 25.1 Å². The van der Waals surface area contributed by atoms with Gasteiger partial charge in [-0.3, -0.25) is 0 Å². The van der Waals surface area contributed by atoms with Gasteiger partial charge in [0.2, 0.25) is 0 Å². The number of hydrogen-bond donors (Lipinski definition) is 1. The fourth-order valence-electron chi connectivity index (χ4n) is 3.41. The maximum Gasteiger partial charge on any atom is 0.180 e. The zero-order valence-electron chi connectivity index (χ0n) is 18.0. The molecule has 3 aromatic rings. The van der Waals surface area contributed by atoms with Crippen LogP contribution in [0.1, 0.15) is 42.5 Å². The Morgan fingerprint density at radius 2 is 1.69 bits per heavy atom. The molecule has 3 rings (SSSR count). The van der Waals surface area contributed by atoms with Gasteiger partial charge in [0.1, 0.15) is 6.61 Å². The molecule has 1 unspecified atom stereocenters. The highest BCUT2D eigenvalue weighted by Gasteiger charge is 2.15. The van der Waals surface area contributed by atoms with E-state index in [1.807, 2.05) is 24.3 Å². The monoisotopic (exact) mass is 513 g/mol. The second-order valence-electron chi connectivity index (χ2n) is 7.27. The van der Waals surface area contributed by atoms with Crippen LogP contribution in [-0.4, -0.2) is 7.11 Å². The van der Waals surface area contributed by atoms with E-state index in [2.05, 4.69) is 36.5 Å². The number of nitrogens with one attached hydrogen (secondary N) is 1. The normalized spacial score (nSPS) is 11.5. The van der Waals surface area contributed by atoms with Gasteiger partial charge in [0.25, 0.3) is 0 Å². The lowest BCUT2D eigenvalue weighted by molar-refractivity contribution is 0.284. The predicted octanol–water partition coefficient (Wildman–Crippen LogP) is 8.29. The van der Waals surface area contributed by atoms with Crippen molar-refractivity contribution in [1.82, 2.24) is 5.32 Å². The van der Waals surface area contributed by atoms with Crippen LogP contribution in [0.4, 0.5) is 0 Å². The van der Waals surface area contributed by atoms with Gasteiger partial charge in [-0.2, -0.15) is 0 Å². The van der Waals surface area contributed by atoms with E-state index in [0.717, 1.165) is 24.0 Å². The Morgan fingerprint density at radius 1 is 0.938 bits per heavy atom. The summed E-state index contributed by atoms with van der Waals surface area (Å²) >= 11 is 18.8. The fourth-order valence-corrected chi connectivity index (χ4v) is 4.16. The molecule has 172 valence electrons. The highest BCUT2D eigenvalue weighted by molar-refractivity contribution is 6.35. The van der Waals surface area contributed by atoms with E-state index in [9.17, 15) is 0 Å². The minimum Gasteiger partial charge on any atom is -0.493 e. The molecule has 0 spiro atoms. The minimum absolute atomic E-state index is 0. The van der Waals surface area contributed by atoms with E-state index >= 15 is 0 Å². The van der Waals surface area contributed by atoms with Crippen molar-refractivity contribution in [3.8, 4) is 11.5 Å². The minimum atomic E-state index is 0. The molecular weight excluding hydrogens is 488 g/mol. The van der Waals surface area contributed by atoms with Crippen LogP contribution in [-0.2, 0) is 13.2 Å². The van der Waals surface area contributed by atoms with Gasteiger partial charge < -0.3 is 14.8 Å². The average Bonchev–Trinajstić information content (AvgIpc) is 2.77. The summed E-state index contributed by atoms with van der Waals surface area (Å²) in [5, 5.41) is 5.26. The Labute approximate surface area is 211 Å². The molecule has 1 N–H and O–H groups in total. The zero-order chi connectivity index (χ0) is 22.2. The van der Waals surface area contributed by atoms with Gasteiger partial charge in [-0.1, -0.05) is 84.5 Å². The first-order chi connectivity index (χ1) is 15.0. The first-order valence-corrected chi connectivity index (χ1v) is 11.4. The first-order valence-electron chi connectivity index (χ1n) is 10.2. The van der Waals surface area contributed by atoms with Crippen molar-refractivity contribution < 1.29 is 9.47 Å². The first kappa shape index (κ1) is 26.6. The fraction of sp³-hybridized carbons (Fsp3) is 0.280. The number of rotatable bonds is 10. The van der Waals surface area contributed by atoms with E-state index in [1.54, 1.807) is 19.2 Å². The largest absolute Gasteiger partial charge is 0.493 e. The second-order valence-corrected chi connectivity index (χ2v) is 8.52. The third kappa shape index (κ3) is 7.19. The summed E-state index contributed by atoms with van der Waals surface area (Å²) in [4.78, 5) is 0. The maximum atomic E-state index is 6.55. The number of halogens is 4. The number of ether oxygens (including phenoxy) is 2. The summed E-state index contributed by atoms with van der Waals surface area (Å²) in [6.45, 7) is 3.12. The molecule has 0 aliphatic rings. The average molecular weight is 515 g/mol. The molecule has 0 saturated carbocycles. The Kier molecular flexibility index (Phi) is 11.0. The van der Waals surface area contributed by atoms with Gasteiger partial charge >= 0.3 is 0 Å². The Bertz CT molecular complexity index is 999.